The first-order chi connectivity index (χ1) is 9.58. The van der Waals surface area contributed by atoms with Crippen LogP contribution in [0.2, 0.25) is 0 Å². The van der Waals surface area contributed by atoms with Crippen molar-refractivity contribution in [2.24, 2.45) is 0 Å². The van der Waals surface area contributed by atoms with Crippen LogP contribution in [0.3, 0.4) is 0 Å². The molecule has 0 bridgehead atoms. The second kappa shape index (κ2) is 4.80. The monoisotopic (exact) mass is 269 g/mol. The van der Waals surface area contributed by atoms with E-state index in [0.717, 1.165) is 34.8 Å². The van der Waals surface area contributed by atoms with E-state index >= 15 is 0 Å². The Morgan fingerprint density at radius 3 is 2.60 bits per heavy atom. The number of hydrogen-bond acceptors (Lipinski definition) is 3. The number of fused-ring (bicyclic) bond motifs is 1. The van der Waals surface area contributed by atoms with Gasteiger partial charge in [-0.3, -0.25) is 0 Å². The van der Waals surface area contributed by atoms with E-state index in [9.17, 15) is 0 Å². The molecule has 3 rings (SSSR count). The molecule has 3 aromatic rings. The van der Waals surface area contributed by atoms with Gasteiger partial charge in [-0.25, -0.2) is 0 Å². The maximum atomic E-state index is 5.32. The van der Waals surface area contributed by atoms with Crippen LogP contribution in [0.15, 0.2) is 28.8 Å². The third kappa shape index (κ3) is 2.02. The lowest BCUT2D eigenvalue weighted by molar-refractivity contribution is 0.393. The number of aryl methyl sites for hydroxylation is 2. The van der Waals surface area contributed by atoms with Crippen LogP contribution in [0.5, 0.6) is 0 Å². The maximum Gasteiger partial charge on any atom is 0.143 e. The Bertz CT molecular complexity index is 733. The summed E-state index contributed by atoms with van der Waals surface area (Å²) >= 11 is 0. The summed E-state index contributed by atoms with van der Waals surface area (Å²) in [6, 6.07) is 8.39. The van der Waals surface area contributed by atoms with Gasteiger partial charge in [-0.2, -0.15) is 0 Å². The Morgan fingerprint density at radius 1 is 1.20 bits per heavy atom. The fourth-order valence-corrected chi connectivity index (χ4v) is 2.73. The molecule has 4 nitrogen and oxygen atoms in total. The number of benzene rings is 1. The van der Waals surface area contributed by atoms with E-state index in [4.69, 9.17) is 4.52 Å². The Kier molecular flexibility index (Phi) is 3.10. The third-order valence-electron chi connectivity index (χ3n) is 3.57. The zero-order valence-electron chi connectivity index (χ0n) is 12.3. The minimum Gasteiger partial charge on any atom is -0.361 e. The van der Waals surface area contributed by atoms with Gasteiger partial charge in [-0.15, -0.1) is 0 Å². The SMILES string of the molecule is Cc1noc(C)c1-c1[nH]c2ccccc2c1CN(C)C. The molecule has 0 unspecified atom stereocenters. The van der Waals surface area contributed by atoms with Crippen LogP contribution in [0.4, 0.5) is 0 Å². The highest BCUT2D eigenvalue weighted by Crippen LogP contribution is 2.34. The van der Waals surface area contributed by atoms with Crippen molar-refractivity contribution in [2.45, 2.75) is 20.4 Å². The number of nitrogens with one attached hydrogen (secondary N) is 1. The Hall–Kier alpha value is -2.07. The highest BCUT2D eigenvalue weighted by Gasteiger charge is 2.19. The van der Waals surface area contributed by atoms with Crippen LogP contribution in [-0.2, 0) is 6.54 Å². The molecule has 104 valence electrons. The summed E-state index contributed by atoms with van der Waals surface area (Å²) in [5, 5.41) is 5.33. The highest BCUT2D eigenvalue weighted by atomic mass is 16.5. The molecule has 0 radical (unpaired) electrons. The number of aromatic amines is 1. The van der Waals surface area contributed by atoms with Crippen LogP contribution >= 0.6 is 0 Å². The zero-order chi connectivity index (χ0) is 14.3. The van der Waals surface area contributed by atoms with Gasteiger partial charge in [-0.1, -0.05) is 23.4 Å². The molecule has 2 aromatic heterocycles. The molecule has 0 aliphatic rings. The Balaban J connectivity index is 2.29. The van der Waals surface area contributed by atoms with Crippen molar-refractivity contribution in [3.05, 3.63) is 41.3 Å². The number of H-pyrrole nitrogens is 1. The fourth-order valence-electron chi connectivity index (χ4n) is 2.73. The van der Waals surface area contributed by atoms with Crippen LogP contribution in [0.25, 0.3) is 22.2 Å². The van der Waals surface area contributed by atoms with E-state index in [1.165, 1.54) is 10.9 Å². The van der Waals surface area contributed by atoms with Crippen molar-refractivity contribution in [1.29, 1.82) is 0 Å². The van der Waals surface area contributed by atoms with Gasteiger partial charge in [0.1, 0.15) is 5.76 Å². The molecule has 4 heteroatoms. The van der Waals surface area contributed by atoms with E-state index in [1.54, 1.807) is 0 Å². The summed E-state index contributed by atoms with van der Waals surface area (Å²) in [4.78, 5) is 5.70. The first-order valence-corrected chi connectivity index (χ1v) is 6.75. The minimum absolute atomic E-state index is 0.856. The molecule has 2 heterocycles. The molecule has 20 heavy (non-hydrogen) atoms. The largest absolute Gasteiger partial charge is 0.361 e. The molecule has 0 fully saturated rings. The van der Waals surface area contributed by atoms with Crippen molar-refractivity contribution in [3.63, 3.8) is 0 Å². The van der Waals surface area contributed by atoms with Gasteiger partial charge >= 0.3 is 0 Å². The standard InChI is InChI=1S/C16H19N3O/c1-10-15(11(2)20-18-10)16-13(9-19(3)4)12-7-5-6-8-14(12)17-16/h5-8,17H,9H2,1-4H3. The molecule has 0 amide bonds. The molecule has 0 aliphatic carbocycles. The van der Waals surface area contributed by atoms with E-state index in [-0.39, 0.29) is 0 Å². The quantitative estimate of drug-likeness (QED) is 0.791. The predicted octanol–water partition coefficient (Wildman–Crippen LogP) is 3.50. The molecule has 0 spiro atoms. The van der Waals surface area contributed by atoms with Crippen molar-refractivity contribution in [1.82, 2.24) is 15.0 Å². The molecular weight excluding hydrogens is 250 g/mol. The zero-order valence-corrected chi connectivity index (χ0v) is 12.3. The summed E-state index contributed by atoms with van der Waals surface area (Å²) < 4.78 is 5.32. The Labute approximate surface area is 118 Å². The summed E-state index contributed by atoms with van der Waals surface area (Å²) in [5.74, 6) is 0.856. The number of aromatic nitrogens is 2. The van der Waals surface area contributed by atoms with Gasteiger partial charge < -0.3 is 14.4 Å². The average Bonchev–Trinajstić information content (AvgIpc) is 2.91. The Morgan fingerprint density at radius 2 is 1.95 bits per heavy atom. The molecule has 0 saturated carbocycles. The summed E-state index contributed by atoms with van der Waals surface area (Å²) in [6.07, 6.45) is 0. The smallest absolute Gasteiger partial charge is 0.143 e. The highest BCUT2D eigenvalue weighted by molar-refractivity contribution is 5.91. The second-order valence-corrected chi connectivity index (χ2v) is 5.46. The lowest BCUT2D eigenvalue weighted by Crippen LogP contribution is -2.11. The molecule has 1 N–H and O–H groups in total. The number of para-hydroxylation sites is 1. The van der Waals surface area contributed by atoms with E-state index < -0.39 is 0 Å². The topological polar surface area (TPSA) is 45.1 Å². The normalized spacial score (nSPS) is 11.7. The van der Waals surface area contributed by atoms with Crippen LogP contribution in [-0.4, -0.2) is 29.1 Å². The number of hydrogen-bond donors (Lipinski definition) is 1. The van der Waals surface area contributed by atoms with Crippen molar-refractivity contribution in [2.75, 3.05) is 14.1 Å². The van der Waals surface area contributed by atoms with E-state index in [2.05, 4.69) is 53.4 Å². The lowest BCUT2D eigenvalue weighted by atomic mass is 10.0. The van der Waals surface area contributed by atoms with Gasteiger partial charge in [0, 0.05) is 17.4 Å². The third-order valence-corrected chi connectivity index (χ3v) is 3.57. The predicted molar refractivity (Wildman–Crippen MR) is 80.7 cm³/mol. The summed E-state index contributed by atoms with van der Waals surface area (Å²) in [7, 11) is 4.16. The summed E-state index contributed by atoms with van der Waals surface area (Å²) in [6.45, 7) is 4.82. The van der Waals surface area contributed by atoms with Crippen LogP contribution in [0.1, 0.15) is 17.0 Å². The van der Waals surface area contributed by atoms with Gasteiger partial charge in [-0.05, 0) is 39.6 Å². The van der Waals surface area contributed by atoms with E-state index in [1.807, 2.05) is 13.8 Å². The molecular formula is C16H19N3O. The van der Waals surface area contributed by atoms with Crippen molar-refractivity contribution in [3.8, 4) is 11.3 Å². The molecule has 1 aromatic carbocycles. The fraction of sp³-hybridized carbons (Fsp3) is 0.312. The van der Waals surface area contributed by atoms with Gasteiger partial charge in [0.25, 0.3) is 0 Å². The van der Waals surface area contributed by atoms with E-state index in [0.29, 0.717) is 0 Å². The summed E-state index contributed by atoms with van der Waals surface area (Å²) in [5.41, 5.74) is 5.57. The van der Waals surface area contributed by atoms with Crippen LogP contribution in [0, 0.1) is 13.8 Å². The molecule has 0 atom stereocenters. The maximum absolute atomic E-state index is 5.32. The number of rotatable bonds is 3. The van der Waals surface area contributed by atoms with Gasteiger partial charge in [0.05, 0.1) is 17.0 Å². The van der Waals surface area contributed by atoms with Crippen molar-refractivity contribution < 1.29 is 4.52 Å². The average molecular weight is 269 g/mol. The molecule has 0 aliphatic heterocycles. The number of nitrogens with zero attached hydrogens (tertiary/aromatic N) is 2. The first-order valence-electron chi connectivity index (χ1n) is 6.75. The van der Waals surface area contributed by atoms with Gasteiger partial charge in [0.2, 0.25) is 0 Å². The second-order valence-electron chi connectivity index (χ2n) is 5.46. The molecule has 0 saturated heterocycles. The van der Waals surface area contributed by atoms with Crippen LogP contribution < -0.4 is 0 Å². The lowest BCUT2D eigenvalue weighted by Gasteiger charge is -2.11. The first kappa shape index (κ1) is 12.9. The van der Waals surface area contributed by atoms with Gasteiger partial charge in [0.15, 0.2) is 0 Å². The minimum atomic E-state index is 0.856. The van der Waals surface area contributed by atoms with Crippen molar-refractivity contribution >= 4 is 10.9 Å².